The monoisotopic (exact) mass is 371 g/mol. The van der Waals surface area contributed by atoms with Crippen LogP contribution in [-0.2, 0) is 20.7 Å². The summed E-state index contributed by atoms with van der Waals surface area (Å²) in [6.07, 6.45) is 0.306. The van der Waals surface area contributed by atoms with Crippen molar-refractivity contribution in [3.8, 4) is 0 Å². The number of aryl methyl sites for hydroxylation is 2. The third-order valence-electron chi connectivity index (χ3n) is 4.83. The van der Waals surface area contributed by atoms with E-state index in [-0.39, 0.29) is 18.3 Å². The Labute approximate surface area is 158 Å². The van der Waals surface area contributed by atoms with Gasteiger partial charge in [-0.25, -0.2) is 0 Å². The summed E-state index contributed by atoms with van der Waals surface area (Å²) in [6, 6.07) is 13.5. The minimum absolute atomic E-state index is 0.115. The SMILES string of the molecule is Cc1ccc(C2OC(=O)C[C@@H]2C(=O)NCCc2ccc(Cl)cc2)cc1C. The number of nitrogens with one attached hydrogen (secondary N) is 1. The molecule has 2 atom stereocenters. The molecule has 136 valence electrons. The molecule has 1 N–H and O–H groups in total. The molecule has 0 spiro atoms. The topological polar surface area (TPSA) is 55.4 Å². The Morgan fingerprint density at radius 2 is 1.88 bits per heavy atom. The average Bonchev–Trinajstić information content (AvgIpc) is 3.01. The number of carbonyl (C=O) groups is 2. The summed E-state index contributed by atoms with van der Waals surface area (Å²) in [7, 11) is 0. The lowest BCUT2D eigenvalue weighted by Gasteiger charge is -2.18. The molecule has 1 fully saturated rings. The minimum atomic E-state index is -0.516. The highest BCUT2D eigenvalue weighted by atomic mass is 35.5. The maximum Gasteiger partial charge on any atom is 0.307 e. The molecule has 5 heteroatoms. The standard InChI is InChI=1S/C21H22ClNO3/c1-13-3-6-16(11-14(13)2)20-18(12-19(24)26-20)21(25)23-10-9-15-4-7-17(22)8-5-15/h3-8,11,18,20H,9-10,12H2,1-2H3,(H,23,25)/t18-,20?/m0/s1. The Kier molecular flexibility index (Phi) is 5.62. The highest BCUT2D eigenvalue weighted by Crippen LogP contribution is 2.36. The summed E-state index contributed by atoms with van der Waals surface area (Å²) in [5, 5.41) is 3.62. The summed E-state index contributed by atoms with van der Waals surface area (Å²) >= 11 is 5.88. The molecule has 2 aromatic rings. The molecule has 0 aliphatic carbocycles. The van der Waals surface area contributed by atoms with Crippen LogP contribution in [0.2, 0.25) is 5.02 Å². The van der Waals surface area contributed by atoms with E-state index in [0.717, 1.165) is 16.7 Å². The summed E-state index contributed by atoms with van der Waals surface area (Å²) < 4.78 is 5.44. The third-order valence-corrected chi connectivity index (χ3v) is 5.08. The smallest absolute Gasteiger partial charge is 0.307 e. The van der Waals surface area contributed by atoms with Crippen molar-refractivity contribution in [3.05, 3.63) is 69.7 Å². The van der Waals surface area contributed by atoms with Gasteiger partial charge in [-0.3, -0.25) is 9.59 Å². The Morgan fingerprint density at radius 3 is 2.58 bits per heavy atom. The molecule has 1 saturated heterocycles. The van der Waals surface area contributed by atoms with Crippen LogP contribution in [0.1, 0.15) is 34.8 Å². The molecule has 0 radical (unpaired) electrons. The van der Waals surface area contributed by atoms with Crippen LogP contribution in [0.25, 0.3) is 0 Å². The van der Waals surface area contributed by atoms with Crippen molar-refractivity contribution in [1.82, 2.24) is 5.32 Å². The minimum Gasteiger partial charge on any atom is -0.457 e. The van der Waals surface area contributed by atoms with Crippen LogP contribution < -0.4 is 5.32 Å². The molecular formula is C21H22ClNO3. The summed E-state index contributed by atoms with van der Waals surface area (Å²) in [5.41, 5.74) is 4.25. The molecule has 1 amide bonds. The first-order valence-electron chi connectivity index (χ1n) is 8.73. The Balaban J connectivity index is 1.63. The Morgan fingerprint density at radius 1 is 1.15 bits per heavy atom. The van der Waals surface area contributed by atoms with Gasteiger partial charge in [0.2, 0.25) is 5.91 Å². The zero-order valence-electron chi connectivity index (χ0n) is 14.9. The second kappa shape index (κ2) is 7.92. The number of halogens is 1. The molecule has 2 aromatic carbocycles. The van der Waals surface area contributed by atoms with Gasteiger partial charge >= 0.3 is 5.97 Å². The van der Waals surface area contributed by atoms with Crippen molar-refractivity contribution in [2.24, 2.45) is 5.92 Å². The zero-order chi connectivity index (χ0) is 18.7. The van der Waals surface area contributed by atoms with Crippen molar-refractivity contribution in [3.63, 3.8) is 0 Å². The molecular weight excluding hydrogens is 350 g/mol. The number of hydrogen-bond donors (Lipinski definition) is 1. The van der Waals surface area contributed by atoms with Gasteiger partial charge in [0.1, 0.15) is 6.10 Å². The van der Waals surface area contributed by atoms with Crippen LogP contribution in [0, 0.1) is 19.8 Å². The van der Waals surface area contributed by atoms with Crippen LogP contribution in [0.4, 0.5) is 0 Å². The lowest BCUT2D eigenvalue weighted by Crippen LogP contribution is -2.33. The number of benzene rings is 2. The first-order chi connectivity index (χ1) is 12.4. The van der Waals surface area contributed by atoms with Gasteiger partial charge < -0.3 is 10.1 Å². The maximum atomic E-state index is 12.6. The fourth-order valence-electron chi connectivity index (χ4n) is 3.14. The van der Waals surface area contributed by atoms with Crippen molar-refractivity contribution in [2.75, 3.05) is 6.54 Å². The normalized spacial score (nSPS) is 19.3. The molecule has 1 heterocycles. The van der Waals surface area contributed by atoms with Gasteiger partial charge in [0.15, 0.2) is 0 Å². The van der Waals surface area contributed by atoms with Gasteiger partial charge in [0.25, 0.3) is 0 Å². The van der Waals surface area contributed by atoms with Crippen LogP contribution in [0.3, 0.4) is 0 Å². The molecule has 1 aliphatic heterocycles. The van der Waals surface area contributed by atoms with Gasteiger partial charge in [-0.2, -0.15) is 0 Å². The van der Waals surface area contributed by atoms with E-state index in [1.54, 1.807) is 0 Å². The number of ether oxygens (including phenoxy) is 1. The predicted molar refractivity (Wildman–Crippen MR) is 101 cm³/mol. The van der Waals surface area contributed by atoms with Gasteiger partial charge in [0, 0.05) is 11.6 Å². The quantitative estimate of drug-likeness (QED) is 0.810. The second-order valence-corrected chi connectivity index (χ2v) is 7.17. The van der Waals surface area contributed by atoms with E-state index in [2.05, 4.69) is 5.32 Å². The summed E-state index contributed by atoms with van der Waals surface area (Å²) in [5.74, 6) is -0.964. The van der Waals surface area contributed by atoms with E-state index in [4.69, 9.17) is 16.3 Å². The second-order valence-electron chi connectivity index (χ2n) is 6.73. The predicted octanol–water partition coefficient (Wildman–Crippen LogP) is 3.92. The molecule has 3 rings (SSSR count). The fraction of sp³-hybridized carbons (Fsp3) is 0.333. The van der Waals surface area contributed by atoms with Crippen molar-refractivity contribution < 1.29 is 14.3 Å². The molecule has 4 nitrogen and oxygen atoms in total. The van der Waals surface area contributed by atoms with E-state index < -0.39 is 12.0 Å². The lowest BCUT2D eigenvalue weighted by atomic mass is 9.92. The summed E-state index contributed by atoms with van der Waals surface area (Å²) in [4.78, 5) is 24.4. The Bertz CT molecular complexity index is 817. The van der Waals surface area contributed by atoms with E-state index in [1.165, 1.54) is 5.56 Å². The number of hydrogen-bond acceptors (Lipinski definition) is 3. The van der Waals surface area contributed by atoms with Crippen LogP contribution in [0.5, 0.6) is 0 Å². The van der Waals surface area contributed by atoms with E-state index >= 15 is 0 Å². The fourth-order valence-corrected chi connectivity index (χ4v) is 3.27. The van der Waals surface area contributed by atoms with Gasteiger partial charge in [-0.15, -0.1) is 0 Å². The van der Waals surface area contributed by atoms with Crippen LogP contribution in [0.15, 0.2) is 42.5 Å². The number of rotatable bonds is 5. The van der Waals surface area contributed by atoms with Crippen LogP contribution in [-0.4, -0.2) is 18.4 Å². The number of amides is 1. The third kappa shape index (κ3) is 4.25. The van der Waals surface area contributed by atoms with E-state index in [9.17, 15) is 9.59 Å². The highest BCUT2D eigenvalue weighted by molar-refractivity contribution is 6.30. The maximum absolute atomic E-state index is 12.6. The van der Waals surface area contributed by atoms with Crippen LogP contribution >= 0.6 is 11.6 Å². The molecule has 1 aliphatic rings. The van der Waals surface area contributed by atoms with Crippen molar-refractivity contribution in [1.29, 1.82) is 0 Å². The lowest BCUT2D eigenvalue weighted by molar-refractivity contribution is -0.141. The molecule has 1 unspecified atom stereocenters. The average molecular weight is 372 g/mol. The van der Waals surface area contributed by atoms with Gasteiger partial charge in [0.05, 0.1) is 12.3 Å². The first-order valence-corrected chi connectivity index (χ1v) is 9.10. The van der Waals surface area contributed by atoms with E-state index in [0.29, 0.717) is 18.0 Å². The van der Waals surface area contributed by atoms with Gasteiger partial charge in [-0.05, 0) is 54.7 Å². The number of cyclic esters (lactones) is 1. The molecule has 0 aromatic heterocycles. The number of esters is 1. The van der Waals surface area contributed by atoms with E-state index in [1.807, 2.05) is 56.3 Å². The zero-order valence-corrected chi connectivity index (χ0v) is 15.7. The van der Waals surface area contributed by atoms with Crippen molar-refractivity contribution >= 4 is 23.5 Å². The molecule has 0 bridgehead atoms. The summed E-state index contributed by atoms with van der Waals surface area (Å²) in [6.45, 7) is 4.54. The number of carbonyl (C=O) groups excluding carboxylic acids is 2. The largest absolute Gasteiger partial charge is 0.457 e. The highest BCUT2D eigenvalue weighted by Gasteiger charge is 2.40. The first kappa shape index (κ1) is 18.5. The van der Waals surface area contributed by atoms with Gasteiger partial charge in [-0.1, -0.05) is 41.9 Å². The molecule has 0 saturated carbocycles. The van der Waals surface area contributed by atoms with Crippen molar-refractivity contribution in [2.45, 2.75) is 32.8 Å². The Hall–Kier alpha value is -2.33. The molecule has 26 heavy (non-hydrogen) atoms.